The minimum absolute atomic E-state index is 0.0937. The lowest BCUT2D eigenvalue weighted by atomic mass is 10.2. The van der Waals surface area contributed by atoms with Gasteiger partial charge in [0.1, 0.15) is 5.76 Å². The number of allylic oxidation sites excluding steroid dienone is 1. The molecule has 0 saturated heterocycles. The Morgan fingerprint density at radius 3 is 2.20 bits per heavy atom. The fourth-order valence-electron chi connectivity index (χ4n) is 1.91. The fraction of sp³-hybridized carbons (Fsp3) is 0.111. The molecule has 0 radical (unpaired) electrons. The van der Waals surface area contributed by atoms with Crippen LogP contribution in [0.2, 0.25) is 0 Å². The predicted molar refractivity (Wildman–Crippen MR) is 90.0 cm³/mol. The van der Waals surface area contributed by atoms with Crippen LogP contribution in [-0.2, 0) is 11.0 Å². The topological polar surface area (TPSA) is 61.7 Å². The Labute approximate surface area is 142 Å². The second kappa shape index (κ2) is 7.65. The molecule has 0 heterocycles. The molecule has 2 rings (SSSR count). The number of benzene rings is 2. The standard InChI is InChI=1S/C18H15F3N2O2/c1-12(24)16(17(25)23-15-5-3-2-4-6-15)11-22-14-9-7-13(8-10-14)18(19,20)21/h2-11,24H,1H3,(H,23,25)/b16-12+,22-11?. The molecule has 0 aliphatic rings. The van der Waals surface area contributed by atoms with Gasteiger partial charge in [-0.3, -0.25) is 9.79 Å². The van der Waals surface area contributed by atoms with E-state index < -0.39 is 17.6 Å². The summed E-state index contributed by atoms with van der Waals surface area (Å²) in [6, 6.07) is 12.8. The van der Waals surface area contributed by atoms with Crippen molar-refractivity contribution < 1.29 is 23.1 Å². The average molecular weight is 348 g/mol. The molecule has 130 valence electrons. The first-order chi connectivity index (χ1) is 11.8. The smallest absolute Gasteiger partial charge is 0.416 e. The maximum Gasteiger partial charge on any atom is 0.416 e. The Morgan fingerprint density at radius 1 is 1.08 bits per heavy atom. The molecule has 25 heavy (non-hydrogen) atoms. The highest BCUT2D eigenvalue weighted by Crippen LogP contribution is 2.30. The van der Waals surface area contributed by atoms with Crippen LogP contribution in [0.25, 0.3) is 0 Å². The molecule has 1 amide bonds. The minimum atomic E-state index is -4.43. The van der Waals surface area contributed by atoms with Gasteiger partial charge in [-0.05, 0) is 43.3 Å². The van der Waals surface area contributed by atoms with E-state index in [9.17, 15) is 23.1 Å². The number of anilines is 1. The van der Waals surface area contributed by atoms with Crippen molar-refractivity contribution in [3.63, 3.8) is 0 Å². The van der Waals surface area contributed by atoms with E-state index in [-0.39, 0.29) is 17.0 Å². The number of aliphatic imine (C=N–C) groups is 1. The number of amides is 1. The van der Waals surface area contributed by atoms with E-state index in [4.69, 9.17) is 0 Å². The summed E-state index contributed by atoms with van der Waals surface area (Å²) in [4.78, 5) is 16.1. The molecule has 0 fully saturated rings. The Hall–Kier alpha value is -3.09. The minimum Gasteiger partial charge on any atom is -0.512 e. The van der Waals surface area contributed by atoms with E-state index in [1.807, 2.05) is 0 Å². The molecular formula is C18H15F3N2O2. The van der Waals surface area contributed by atoms with Gasteiger partial charge in [-0.15, -0.1) is 0 Å². The van der Waals surface area contributed by atoms with Crippen molar-refractivity contribution in [2.75, 3.05) is 5.32 Å². The number of nitrogens with zero attached hydrogens (tertiary/aromatic N) is 1. The molecule has 0 aliphatic heterocycles. The summed E-state index contributed by atoms with van der Waals surface area (Å²) in [6.07, 6.45) is -3.32. The summed E-state index contributed by atoms with van der Waals surface area (Å²) in [5.74, 6) is -0.842. The van der Waals surface area contributed by atoms with Crippen molar-refractivity contribution in [1.82, 2.24) is 0 Å². The van der Waals surface area contributed by atoms with E-state index in [2.05, 4.69) is 10.3 Å². The first kappa shape index (κ1) is 18.3. The van der Waals surface area contributed by atoms with Gasteiger partial charge in [0.25, 0.3) is 5.91 Å². The summed E-state index contributed by atoms with van der Waals surface area (Å²) in [5, 5.41) is 12.3. The van der Waals surface area contributed by atoms with Gasteiger partial charge >= 0.3 is 6.18 Å². The molecule has 0 unspecified atom stereocenters. The van der Waals surface area contributed by atoms with Gasteiger partial charge in [0, 0.05) is 11.9 Å². The first-order valence-corrected chi connectivity index (χ1v) is 7.25. The fourth-order valence-corrected chi connectivity index (χ4v) is 1.91. The summed E-state index contributed by atoms with van der Waals surface area (Å²) in [5.41, 5.74) is -0.125. The van der Waals surface area contributed by atoms with Crippen molar-refractivity contribution in [1.29, 1.82) is 0 Å². The van der Waals surface area contributed by atoms with Crippen LogP contribution in [0.3, 0.4) is 0 Å². The third-order valence-corrected chi connectivity index (χ3v) is 3.20. The SMILES string of the molecule is C/C(O)=C(/C=Nc1ccc(C(F)(F)F)cc1)C(=O)Nc1ccccc1. The average Bonchev–Trinajstić information content (AvgIpc) is 2.55. The van der Waals surface area contributed by atoms with E-state index in [0.717, 1.165) is 18.3 Å². The van der Waals surface area contributed by atoms with Gasteiger partial charge in [0.15, 0.2) is 0 Å². The quantitative estimate of drug-likeness (QED) is 0.470. The molecule has 0 spiro atoms. The van der Waals surface area contributed by atoms with Crippen LogP contribution >= 0.6 is 0 Å². The molecular weight excluding hydrogens is 333 g/mol. The zero-order chi connectivity index (χ0) is 18.4. The maximum atomic E-state index is 12.5. The van der Waals surface area contributed by atoms with Crippen molar-refractivity contribution in [2.45, 2.75) is 13.1 Å². The van der Waals surface area contributed by atoms with Gasteiger partial charge in [-0.25, -0.2) is 0 Å². The molecule has 4 nitrogen and oxygen atoms in total. The van der Waals surface area contributed by atoms with E-state index in [0.29, 0.717) is 5.69 Å². The van der Waals surface area contributed by atoms with E-state index in [1.54, 1.807) is 30.3 Å². The number of hydrogen-bond donors (Lipinski definition) is 2. The maximum absolute atomic E-state index is 12.5. The van der Waals surface area contributed by atoms with Crippen molar-refractivity contribution in [3.8, 4) is 0 Å². The summed E-state index contributed by atoms with van der Waals surface area (Å²) in [6.45, 7) is 1.32. The molecule has 0 saturated carbocycles. The molecule has 0 aromatic heterocycles. The Bertz CT molecular complexity index is 791. The van der Waals surface area contributed by atoms with Gasteiger partial charge in [-0.2, -0.15) is 13.2 Å². The lowest BCUT2D eigenvalue weighted by molar-refractivity contribution is -0.137. The Kier molecular flexibility index (Phi) is 5.59. The van der Waals surface area contributed by atoms with E-state index in [1.165, 1.54) is 19.1 Å². The number of carbonyl (C=O) groups is 1. The number of nitrogens with one attached hydrogen (secondary N) is 1. The first-order valence-electron chi connectivity index (χ1n) is 7.25. The normalized spacial score (nSPS) is 12.8. The molecule has 0 aliphatic carbocycles. The summed E-state index contributed by atoms with van der Waals surface area (Å²) < 4.78 is 37.6. The highest BCUT2D eigenvalue weighted by atomic mass is 19.4. The lowest BCUT2D eigenvalue weighted by Crippen LogP contribution is -2.16. The van der Waals surface area contributed by atoms with Gasteiger partial charge in [0.05, 0.1) is 16.8 Å². The van der Waals surface area contributed by atoms with E-state index >= 15 is 0 Å². The Morgan fingerprint density at radius 2 is 1.68 bits per heavy atom. The molecule has 2 N–H and O–H groups in total. The number of carbonyl (C=O) groups excluding carboxylic acids is 1. The number of halogens is 3. The van der Waals surface area contributed by atoms with Crippen LogP contribution in [0, 0.1) is 0 Å². The Balaban J connectivity index is 2.15. The van der Waals surface area contributed by atoms with Gasteiger partial charge in [0.2, 0.25) is 0 Å². The zero-order valence-electron chi connectivity index (χ0n) is 13.2. The second-order valence-electron chi connectivity index (χ2n) is 5.12. The van der Waals surface area contributed by atoms with Crippen LogP contribution in [0.5, 0.6) is 0 Å². The highest BCUT2D eigenvalue weighted by Gasteiger charge is 2.29. The lowest BCUT2D eigenvalue weighted by Gasteiger charge is -2.07. The predicted octanol–water partition coefficient (Wildman–Crippen LogP) is 4.88. The van der Waals surface area contributed by atoms with Gasteiger partial charge < -0.3 is 10.4 Å². The van der Waals surface area contributed by atoms with Crippen LogP contribution in [0.1, 0.15) is 12.5 Å². The van der Waals surface area contributed by atoms with Crippen LogP contribution in [0.4, 0.5) is 24.5 Å². The number of aliphatic hydroxyl groups excluding tert-OH is 1. The number of hydrogen-bond acceptors (Lipinski definition) is 3. The zero-order valence-corrected chi connectivity index (χ0v) is 13.2. The van der Waals surface area contributed by atoms with Crippen LogP contribution in [-0.4, -0.2) is 17.2 Å². The van der Waals surface area contributed by atoms with Crippen molar-refractivity contribution in [2.24, 2.45) is 4.99 Å². The monoisotopic (exact) mass is 348 g/mol. The molecule has 7 heteroatoms. The second-order valence-corrected chi connectivity index (χ2v) is 5.12. The largest absolute Gasteiger partial charge is 0.512 e. The number of rotatable bonds is 4. The summed E-state index contributed by atoms with van der Waals surface area (Å²) in [7, 11) is 0. The van der Waals surface area contributed by atoms with Crippen molar-refractivity contribution >= 4 is 23.5 Å². The summed E-state index contributed by atoms with van der Waals surface area (Å²) >= 11 is 0. The van der Waals surface area contributed by atoms with Gasteiger partial charge in [-0.1, -0.05) is 18.2 Å². The molecule has 0 bridgehead atoms. The third-order valence-electron chi connectivity index (χ3n) is 3.20. The van der Waals surface area contributed by atoms with Crippen LogP contribution in [0.15, 0.2) is 70.9 Å². The molecule has 0 atom stereocenters. The highest BCUT2D eigenvalue weighted by molar-refractivity contribution is 6.18. The number of alkyl halides is 3. The number of para-hydroxylation sites is 1. The number of aliphatic hydroxyl groups is 1. The van der Waals surface area contributed by atoms with Crippen LogP contribution < -0.4 is 5.32 Å². The third kappa shape index (κ3) is 5.20. The molecule has 2 aromatic carbocycles. The van der Waals surface area contributed by atoms with Crippen molar-refractivity contribution in [3.05, 3.63) is 71.5 Å². The molecule has 2 aromatic rings.